The van der Waals surface area contributed by atoms with E-state index < -0.39 is 0 Å². The van der Waals surface area contributed by atoms with Gasteiger partial charge in [0.2, 0.25) is 5.91 Å². The first-order valence-corrected chi connectivity index (χ1v) is 13.5. The number of aromatic nitrogens is 1. The average Bonchev–Trinajstić information content (AvgIpc) is 3.77. The minimum atomic E-state index is -0.278. The first-order valence-electron chi connectivity index (χ1n) is 13.5. The molecule has 2 aromatic rings. The molecule has 8 nitrogen and oxygen atoms in total. The van der Waals surface area contributed by atoms with Gasteiger partial charge in [0.1, 0.15) is 11.6 Å². The van der Waals surface area contributed by atoms with Gasteiger partial charge in [-0.3, -0.25) is 9.59 Å². The van der Waals surface area contributed by atoms with Gasteiger partial charge in [0.25, 0.3) is 5.91 Å². The van der Waals surface area contributed by atoms with Gasteiger partial charge in [-0.2, -0.15) is 0 Å². The number of methoxy groups -OCH3 is 1. The summed E-state index contributed by atoms with van der Waals surface area (Å²) in [6.07, 6.45) is 12.0. The fourth-order valence-electron chi connectivity index (χ4n) is 4.81. The van der Waals surface area contributed by atoms with Crippen molar-refractivity contribution < 1.29 is 14.3 Å². The number of allylic oxidation sites excluding steroid dienone is 2. The molecule has 1 aliphatic heterocycles. The van der Waals surface area contributed by atoms with Gasteiger partial charge < -0.3 is 25.6 Å². The minimum absolute atomic E-state index is 0.0425. The maximum atomic E-state index is 12.6. The van der Waals surface area contributed by atoms with E-state index in [2.05, 4.69) is 65.0 Å². The van der Waals surface area contributed by atoms with E-state index in [1.54, 1.807) is 20.2 Å². The highest BCUT2D eigenvalue weighted by Gasteiger charge is 2.30. The number of hydrogen-bond donors (Lipinski definition) is 3. The molecule has 1 saturated carbocycles. The number of anilines is 3. The van der Waals surface area contributed by atoms with E-state index in [-0.39, 0.29) is 17.7 Å². The number of rotatable bonds is 11. The van der Waals surface area contributed by atoms with Crippen molar-refractivity contribution in [2.45, 2.75) is 52.5 Å². The summed E-state index contributed by atoms with van der Waals surface area (Å²) in [4.78, 5) is 31.6. The number of carbonyl (C=O) groups is 2. The molecule has 1 fully saturated rings. The number of pyridine rings is 1. The molecule has 1 aliphatic carbocycles. The van der Waals surface area contributed by atoms with E-state index in [4.69, 9.17) is 4.74 Å². The second kappa shape index (κ2) is 12.2. The Morgan fingerprint density at radius 3 is 2.66 bits per heavy atom. The first-order chi connectivity index (χ1) is 18.3. The molecular formula is C30H39N5O3. The first kappa shape index (κ1) is 27.2. The third kappa shape index (κ3) is 6.36. The van der Waals surface area contributed by atoms with Crippen LogP contribution >= 0.6 is 0 Å². The highest BCUT2D eigenvalue weighted by molar-refractivity contribution is 6.01. The molecule has 1 unspecified atom stereocenters. The lowest BCUT2D eigenvalue weighted by molar-refractivity contribution is -0.117. The van der Waals surface area contributed by atoms with Crippen molar-refractivity contribution in [3.05, 3.63) is 59.9 Å². The Hall–Kier alpha value is -3.81. The SMILES string of the molecule is CCC(CC(C)C)N1C=C(c2cccc(Nc3cc(NC(=O)C4CC4)ncc3C(=O)NC)c2OC)C=CC1. The van der Waals surface area contributed by atoms with E-state index in [1.807, 2.05) is 18.2 Å². The molecule has 3 N–H and O–H groups in total. The topological polar surface area (TPSA) is 95.6 Å². The summed E-state index contributed by atoms with van der Waals surface area (Å²) in [5.74, 6) is 1.42. The van der Waals surface area contributed by atoms with Gasteiger partial charge in [-0.25, -0.2) is 4.98 Å². The van der Waals surface area contributed by atoms with Crippen molar-refractivity contribution in [2.75, 3.05) is 31.3 Å². The molecule has 1 aromatic carbocycles. The van der Waals surface area contributed by atoms with Crippen molar-refractivity contribution in [3.8, 4) is 5.75 Å². The van der Waals surface area contributed by atoms with Gasteiger partial charge in [-0.15, -0.1) is 0 Å². The van der Waals surface area contributed by atoms with Crippen LogP contribution in [0.1, 0.15) is 62.4 Å². The highest BCUT2D eigenvalue weighted by Crippen LogP contribution is 2.38. The van der Waals surface area contributed by atoms with Crippen molar-refractivity contribution in [1.82, 2.24) is 15.2 Å². The third-order valence-corrected chi connectivity index (χ3v) is 6.98. The van der Waals surface area contributed by atoms with Crippen LogP contribution in [0.3, 0.4) is 0 Å². The summed E-state index contributed by atoms with van der Waals surface area (Å²) in [6, 6.07) is 8.09. The summed E-state index contributed by atoms with van der Waals surface area (Å²) in [5.41, 5.74) is 3.63. The Balaban J connectivity index is 1.67. The van der Waals surface area contributed by atoms with Crippen LogP contribution in [-0.4, -0.2) is 48.4 Å². The van der Waals surface area contributed by atoms with Crippen molar-refractivity contribution in [2.24, 2.45) is 11.8 Å². The standard InChI is InChI=1S/C30H39N5O3/c1-6-22(15-19(2)3)35-14-8-9-21(18-35)23-10-7-11-25(28(23)38-5)33-26-16-27(34-29(36)20-12-13-20)32-17-24(26)30(37)31-4/h7-11,16-20,22H,6,12-15H2,1-5H3,(H,31,37)(H2,32,33,34,36). The molecule has 4 rings (SSSR count). The second-order valence-corrected chi connectivity index (χ2v) is 10.3. The van der Waals surface area contributed by atoms with Crippen molar-refractivity contribution in [1.29, 1.82) is 0 Å². The largest absolute Gasteiger partial charge is 0.494 e. The third-order valence-electron chi connectivity index (χ3n) is 6.98. The number of benzene rings is 1. The molecule has 1 atom stereocenters. The van der Waals surface area contributed by atoms with Gasteiger partial charge in [-0.1, -0.05) is 45.1 Å². The molecule has 2 amide bonds. The predicted molar refractivity (Wildman–Crippen MR) is 153 cm³/mol. The van der Waals surface area contributed by atoms with Crippen LogP contribution in [0.25, 0.3) is 5.57 Å². The van der Waals surface area contributed by atoms with Gasteiger partial charge in [-0.05, 0) is 37.7 Å². The molecule has 1 aromatic heterocycles. The molecule has 38 heavy (non-hydrogen) atoms. The number of para-hydroxylation sites is 1. The van der Waals surface area contributed by atoms with Crippen LogP contribution in [0.15, 0.2) is 48.8 Å². The summed E-state index contributed by atoms with van der Waals surface area (Å²) in [7, 11) is 3.22. The second-order valence-electron chi connectivity index (χ2n) is 10.3. The van der Waals surface area contributed by atoms with E-state index in [9.17, 15) is 9.59 Å². The maximum Gasteiger partial charge on any atom is 0.254 e. The zero-order valence-electron chi connectivity index (χ0n) is 23.0. The van der Waals surface area contributed by atoms with E-state index >= 15 is 0 Å². The van der Waals surface area contributed by atoms with Crippen LogP contribution in [0.4, 0.5) is 17.2 Å². The van der Waals surface area contributed by atoms with Crippen molar-refractivity contribution in [3.63, 3.8) is 0 Å². The summed E-state index contributed by atoms with van der Waals surface area (Å²) in [5, 5.41) is 8.90. The van der Waals surface area contributed by atoms with Crippen molar-refractivity contribution >= 4 is 34.6 Å². The van der Waals surface area contributed by atoms with Crippen LogP contribution in [-0.2, 0) is 4.79 Å². The predicted octanol–water partition coefficient (Wildman–Crippen LogP) is 5.58. The smallest absolute Gasteiger partial charge is 0.254 e. The Morgan fingerprint density at radius 2 is 2.00 bits per heavy atom. The average molecular weight is 518 g/mol. The number of hydrogen-bond acceptors (Lipinski definition) is 6. The van der Waals surface area contributed by atoms with Gasteiger partial charge in [0.15, 0.2) is 0 Å². The summed E-state index contributed by atoms with van der Waals surface area (Å²) < 4.78 is 5.91. The fourth-order valence-corrected chi connectivity index (χ4v) is 4.81. The zero-order valence-corrected chi connectivity index (χ0v) is 23.0. The van der Waals surface area contributed by atoms with E-state index in [0.29, 0.717) is 40.5 Å². The number of amides is 2. The molecule has 0 bridgehead atoms. The lowest BCUT2D eigenvalue weighted by atomic mass is 9.97. The molecule has 0 saturated heterocycles. The maximum absolute atomic E-state index is 12.6. The number of nitrogens with one attached hydrogen (secondary N) is 3. The molecular weight excluding hydrogens is 478 g/mol. The van der Waals surface area contributed by atoms with E-state index in [0.717, 1.165) is 43.4 Å². The summed E-state index contributed by atoms with van der Waals surface area (Å²) >= 11 is 0. The number of carbonyl (C=O) groups excluding carboxylic acids is 2. The quantitative estimate of drug-likeness (QED) is 0.360. The Labute approximate surface area is 225 Å². The van der Waals surface area contributed by atoms with Crippen LogP contribution in [0.5, 0.6) is 5.75 Å². The Bertz CT molecular complexity index is 1230. The van der Waals surface area contributed by atoms with E-state index in [1.165, 1.54) is 6.20 Å². The van der Waals surface area contributed by atoms with Gasteiger partial charge in [0, 0.05) is 55.2 Å². The minimum Gasteiger partial charge on any atom is -0.494 e. The molecule has 2 heterocycles. The molecule has 202 valence electrons. The molecule has 0 radical (unpaired) electrons. The summed E-state index contributed by atoms with van der Waals surface area (Å²) in [6.45, 7) is 7.65. The highest BCUT2D eigenvalue weighted by atomic mass is 16.5. The Kier molecular flexibility index (Phi) is 8.71. The zero-order chi connectivity index (χ0) is 27.2. The normalized spacial score (nSPS) is 15.6. The van der Waals surface area contributed by atoms with Crippen LogP contribution in [0.2, 0.25) is 0 Å². The fraction of sp³-hybridized carbons (Fsp3) is 0.433. The number of nitrogens with zero attached hydrogens (tertiary/aromatic N) is 2. The van der Waals surface area contributed by atoms with Gasteiger partial charge >= 0.3 is 0 Å². The van der Waals surface area contributed by atoms with Gasteiger partial charge in [0.05, 0.1) is 24.0 Å². The molecule has 8 heteroatoms. The lowest BCUT2D eigenvalue weighted by Gasteiger charge is -2.33. The van der Waals surface area contributed by atoms with Crippen LogP contribution < -0.4 is 20.7 Å². The number of ether oxygens (including phenoxy) is 1. The lowest BCUT2D eigenvalue weighted by Crippen LogP contribution is -2.33. The van der Waals surface area contributed by atoms with Crippen LogP contribution in [0, 0.1) is 11.8 Å². The monoisotopic (exact) mass is 517 g/mol. The molecule has 0 spiro atoms. The Morgan fingerprint density at radius 1 is 1.21 bits per heavy atom. The molecule has 2 aliphatic rings.